The molecule has 4 aromatic rings. The molecule has 1 aromatic carbocycles. The molecule has 0 aliphatic carbocycles. The molecule has 0 fully saturated rings. The molecule has 0 saturated carbocycles. The summed E-state index contributed by atoms with van der Waals surface area (Å²) in [5, 5.41) is 11.1. The van der Waals surface area contributed by atoms with Crippen molar-refractivity contribution in [3.8, 4) is 0 Å². The number of hydrogen-bond acceptors (Lipinski definition) is 5. The van der Waals surface area contributed by atoms with E-state index in [0.29, 0.717) is 22.5 Å². The van der Waals surface area contributed by atoms with E-state index < -0.39 is 0 Å². The first-order valence-electron chi connectivity index (χ1n) is 7.86. The average molecular weight is 413 g/mol. The molecule has 0 saturated heterocycles. The highest BCUT2D eigenvalue weighted by molar-refractivity contribution is 9.10. The van der Waals surface area contributed by atoms with Gasteiger partial charge in [0.25, 0.3) is 5.56 Å². The van der Waals surface area contributed by atoms with Gasteiger partial charge in [-0.2, -0.15) is 0 Å². The molecule has 26 heavy (non-hydrogen) atoms. The number of pyridine rings is 1. The van der Waals surface area contributed by atoms with Crippen LogP contribution in [0.4, 0.5) is 5.95 Å². The Balaban J connectivity index is 1.50. The van der Waals surface area contributed by atoms with Crippen LogP contribution < -0.4 is 10.9 Å². The number of benzene rings is 1. The summed E-state index contributed by atoms with van der Waals surface area (Å²) in [4.78, 5) is 29.0. The molecule has 3 heterocycles. The second kappa shape index (κ2) is 6.68. The number of carbonyl (C=O) groups excluding carboxylic acids is 1. The van der Waals surface area contributed by atoms with Crippen molar-refractivity contribution in [3.05, 3.63) is 63.7 Å². The third kappa shape index (κ3) is 3.08. The van der Waals surface area contributed by atoms with Gasteiger partial charge in [0.15, 0.2) is 5.65 Å². The molecule has 130 valence electrons. The standard InChI is InChI=1S/C17H13BrN6O2/c18-11-4-5-13-12(9-11)16(26)23(10-19-13)8-6-15(25)20-17-22-21-14-3-1-2-7-24(14)17/h1-5,7,9-10H,6,8H2,(H,20,22,25). The fraction of sp³-hybridized carbons (Fsp3) is 0.118. The molecule has 4 rings (SSSR count). The Morgan fingerprint density at radius 3 is 2.96 bits per heavy atom. The molecular formula is C17H13BrN6O2. The highest BCUT2D eigenvalue weighted by Crippen LogP contribution is 2.15. The second-order valence-electron chi connectivity index (χ2n) is 5.66. The normalized spacial score (nSPS) is 11.1. The number of fused-ring (bicyclic) bond motifs is 2. The summed E-state index contributed by atoms with van der Waals surface area (Å²) in [5.74, 6) is 0.0860. The SMILES string of the molecule is O=C(CCn1cnc2ccc(Br)cc2c1=O)Nc1nnc2ccccn12. The Hall–Kier alpha value is -3.07. The van der Waals surface area contributed by atoms with E-state index >= 15 is 0 Å². The van der Waals surface area contributed by atoms with E-state index in [0.717, 1.165) is 4.47 Å². The van der Waals surface area contributed by atoms with Crippen LogP contribution in [-0.2, 0) is 11.3 Å². The first kappa shape index (κ1) is 16.4. The number of amides is 1. The number of anilines is 1. The minimum atomic E-state index is -0.260. The number of rotatable bonds is 4. The minimum Gasteiger partial charge on any atom is -0.298 e. The first-order valence-corrected chi connectivity index (χ1v) is 8.65. The van der Waals surface area contributed by atoms with Crippen LogP contribution in [0.3, 0.4) is 0 Å². The van der Waals surface area contributed by atoms with Crippen molar-refractivity contribution in [3.63, 3.8) is 0 Å². The molecule has 8 nitrogen and oxygen atoms in total. The van der Waals surface area contributed by atoms with Crippen LogP contribution in [0.2, 0.25) is 0 Å². The molecule has 0 atom stereocenters. The number of nitrogens with one attached hydrogen (secondary N) is 1. The molecule has 3 aromatic heterocycles. The smallest absolute Gasteiger partial charge is 0.261 e. The van der Waals surface area contributed by atoms with Gasteiger partial charge in [-0.15, -0.1) is 10.2 Å². The van der Waals surface area contributed by atoms with Gasteiger partial charge >= 0.3 is 0 Å². The summed E-state index contributed by atoms with van der Waals surface area (Å²) in [6.45, 7) is 0.219. The van der Waals surface area contributed by atoms with Gasteiger partial charge in [0.05, 0.1) is 17.2 Å². The van der Waals surface area contributed by atoms with Crippen LogP contribution in [0, 0.1) is 0 Å². The number of nitrogens with zero attached hydrogens (tertiary/aromatic N) is 5. The molecule has 0 spiro atoms. The highest BCUT2D eigenvalue weighted by Gasteiger charge is 2.10. The Morgan fingerprint density at radius 2 is 2.08 bits per heavy atom. The number of halogens is 1. The lowest BCUT2D eigenvalue weighted by molar-refractivity contribution is -0.116. The molecule has 0 bridgehead atoms. The molecule has 0 unspecified atom stereocenters. The summed E-state index contributed by atoms with van der Waals surface area (Å²) in [5.41, 5.74) is 1.08. The molecule has 0 aliphatic heterocycles. The highest BCUT2D eigenvalue weighted by atomic mass is 79.9. The lowest BCUT2D eigenvalue weighted by atomic mass is 10.2. The molecule has 9 heteroatoms. The second-order valence-corrected chi connectivity index (χ2v) is 6.57. The van der Waals surface area contributed by atoms with E-state index in [4.69, 9.17) is 0 Å². The van der Waals surface area contributed by atoms with Crippen LogP contribution in [0.1, 0.15) is 6.42 Å². The van der Waals surface area contributed by atoms with Crippen molar-refractivity contribution in [2.45, 2.75) is 13.0 Å². The zero-order chi connectivity index (χ0) is 18.1. The maximum absolute atomic E-state index is 12.5. The van der Waals surface area contributed by atoms with Crippen LogP contribution in [0.5, 0.6) is 0 Å². The van der Waals surface area contributed by atoms with Crippen molar-refractivity contribution in [2.75, 3.05) is 5.32 Å². The largest absolute Gasteiger partial charge is 0.298 e. The quantitative estimate of drug-likeness (QED) is 0.554. The predicted octanol–water partition coefficient (Wildman–Crippen LogP) is 2.23. The Labute approximate surface area is 155 Å². The van der Waals surface area contributed by atoms with Gasteiger partial charge in [-0.25, -0.2) is 4.98 Å². The van der Waals surface area contributed by atoms with Crippen LogP contribution in [0.25, 0.3) is 16.6 Å². The van der Waals surface area contributed by atoms with Crippen molar-refractivity contribution in [1.29, 1.82) is 0 Å². The zero-order valence-corrected chi connectivity index (χ0v) is 15.0. The summed E-state index contributed by atoms with van der Waals surface area (Å²) >= 11 is 3.35. The number of hydrogen-bond donors (Lipinski definition) is 1. The Morgan fingerprint density at radius 1 is 1.19 bits per heavy atom. The van der Waals surface area contributed by atoms with Gasteiger partial charge in [-0.1, -0.05) is 22.0 Å². The maximum atomic E-state index is 12.5. The predicted molar refractivity (Wildman–Crippen MR) is 99.9 cm³/mol. The molecular weight excluding hydrogens is 400 g/mol. The van der Waals surface area contributed by atoms with Crippen molar-refractivity contribution in [1.82, 2.24) is 24.1 Å². The zero-order valence-electron chi connectivity index (χ0n) is 13.5. The Kier molecular flexibility index (Phi) is 4.21. The molecule has 0 radical (unpaired) electrons. The number of aromatic nitrogens is 5. The topological polar surface area (TPSA) is 94.2 Å². The van der Waals surface area contributed by atoms with Gasteiger partial charge in [-0.3, -0.25) is 23.9 Å². The molecule has 0 aliphatic rings. The van der Waals surface area contributed by atoms with Crippen molar-refractivity contribution in [2.24, 2.45) is 0 Å². The van der Waals surface area contributed by atoms with Crippen molar-refractivity contribution >= 4 is 44.3 Å². The molecule has 1 amide bonds. The third-order valence-electron chi connectivity index (χ3n) is 3.93. The summed E-state index contributed by atoms with van der Waals surface area (Å²) < 4.78 is 3.91. The van der Waals surface area contributed by atoms with Crippen LogP contribution in [0.15, 0.2) is 58.2 Å². The third-order valence-corrected chi connectivity index (χ3v) is 4.42. The summed E-state index contributed by atoms with van der Waals surface area (Å²) in [6.07, 6.45) is 3.34. The van der Waals surface area contributed by atoms with E-state index in [1.165, 1.54) is 10.9 Å². The Bertz CT molecular complexity index is 1180. The first-order chi connectivity index (χ1) is 12.6. The fourth-order valence-electron chi connectivity index (χ4n) is 2.63. The van der Waals surface area contributed by atoms with E-state index in [2.05, 4.69) is 36.4 Å². The van der Waals surface area contributed by atoms with Gasteiger partial charge < -0.3 is 0 Å². The van der Waals surface area contributed by atoms with Gasteiger partial charge in [0, 0.05) is 23.6 Å². The average Bonchev–Trinajstić information content (AvgIpc) is 3.05. The number of carbonyl (C=O) groups is 1. The fourth-order valence-corrected chi connectivity index (χ4v) is 2.99. The number of aryl methyl sites for hydroxylation is 1. The van der Waals surface area contributed by atoms with Gasteiger partial charge in [0.2, 0.25) is 11.9 Å². The van der Waals surface area contributed by atoms with E-state index in [1.54, 1.807) is 28.8 Å². The van der Waals surface area contributed by atoms with E-state index in [1.807, 2.05) is 18.2 Å². The maximum Gasteiger partial charge on any atom is 0.261 e. The summed E-state index contributed by atoms with van der Waals surface area (Å²) in [7, 11) is 0. The minimum absolute atomic E-state index is 0.114. The summed E-state index contributed by atoms with van der Waals surface area (Å²) in [6, 6.07) is 10.8. The van der Waals surface area contributed by atoms with E-state index in [-0.39, 0.29) is 24.4 Å². The van der Waals surface area contributed by atoms with Crippen molar-refractivity contribution < 1.29 is 4.79 Å². The van der Waals surface area contributed by atoms with Gasteiger partial charge in [0.1, 0.15) is 0 Å². The lowest BCUT2D eigenvalue weighted by Gasteiger charge is -2.07. The van der Waals surface area contributed by atoms with E-state index in [9.17, 15) is 9.59 Å². The van der Waals surface area contributed by atoms with Gasteiger partial charge in [-0.05, 0) is 30.3 Å². The molecule has 1 N–H and O–H groups in total. The monoisotopic (exact) mass is 412 g/mol. The van der Waals surface area contributed by atoms with Crippen LogP contribution in [-0.4, -0.2) is 30.1 Å². The lowest BCUT2D eigenvalue weighted by Crippen LogP contribution is -2.24. The van der Waals surface area contributed by atoms with Crippen LogP contribution >= 0.6 is 15.9 Å².